The molecule has 176 valence electrons. The number of anilines is 1. The number of halogens is 3. The second-order valence-corrected chi connectivity index (χ2v) is 9.40. The smallest absolute Gasteiger partial charge is 0.319 e. The van der Waals surface area contributed by atoms with Gasteiger partial charge in [-0.15, -0.1) is 0 Å². The molecule has 0 spiro atoms. The van der Waals surface area contributed by atoms with Gasteiger partial charge in [0.2, 0.25) is 6.54 Å². The fourth-order valence-electron chi connectivity index (χ4n) is 5.26. The molecule has 11 heteroatoms. The van der Waals surface area contributed by atoms with E-state index in [0.717, 1.165) is 19.4 Å². The molecule has 0 radical (unpaired) electrons. The Balaban J connectivity index is 1.49. The van der Waals surface area contributed by atoms with Crippen molar-refractivity contribution in [1.82, 2.24) is 19.9 Å². The molecule has 0 saturated carbocycles. The highest BCUT2D eigenvalue weighted by molar-refractivity contribution is 6.30. The van der Waals surface area contributed by atoms with Crippen molar-refractivity contribution in [3.05, 3.63) is 28.6 Å². The lowest BCUT2D eigenvalue weighted by Gasteiger charge is -2.31. The van der Waals surface area contributed by atoms with Gasteiger partial charge in [-0.1, -0.05) is 11.6 Å². The van der Waals surface area contributed by atoms with Gasteiger partial charge in [0.1, 0.15) is 24.1 Å². The predicted octanol–water partition coefficient (Wildman–Crippen LogP) is 3.14. The van der Waals surface area contributed by atoms with Crippen molar-refractivity contribution in [3.63, 3.8) is 0 Å². The summed E-state index contributed by atoms with van der Waals surface area (Å²) >= 11 is 5.93. The number of pyridine rings is 1. The minimum atomic E-state index is -0.874. The van der Waals surface area contributed by atoms with E-state index in [1.165, 1.54) is 6.20 Å². The summed E-state index contributed by atoms with van der Waals surface area (Å²) in [6.45, 7) is 11.0. The maximum Gasteiger partial charge on any atom is 0.319 e. The van der Waals surface area contributed by atoms with Crippen LogP contribution >= 0.6 is 11.6 Å². The van der Waals surface area contributed by atoms with Gasteiger partial charge in [0.15, 0.2) is 11.0 Å². The highest BCUT2D eigenvalue weighted by Crippen LogP contribution is 2.40. The maximum absolute atomic E-state index is 14.9. The molecule has 33 heavy (non-hydrogen) atoms. The zero-order valence-corrected chi connectivity index (χ0v) is 18.9. The first-order chi connectivity index (χ1) is 16.0. The minimum Gasteiger partial charge on any atom is -0.461 e. The molecule has 3 fully saturated rings. The Bertz CT molecular complexity index is 1090. The first kappa shape index (κ1) is 22.4. The number of hydrogen-bond acceptors (Lipinski definition) is 7. The van der Waals surface area contributed by atoms with E-state index < -0.39 is 12.0 Å². The molecule has 2 unspecified atom stereocenters. The summed E-state index contributed by atoms with van der Waals surface area (Å²) in [5.74, 6) is -0.277. The molecule has 3 aliphatic heterocycles. The molecule has 0 amide bonds. The molecule has 8 nitrogen and oxygen atoms in total. The Hall–Kier alpha value is -2.35. The second kappa shape index (κ2) is 9.12. The van der Waals surface area contributed by atoms with Crippen LogP contribution in [0.5, 0.6) is 6.01 Å². The summed E-state index contributed by atoms with van der Waals surface area (Å²) in [4.78, 5) is 20.5. The zero-order valence-electron chi connectivity index (χ0n) is 18.1. The van der Waals surface area contributed by atoms with E-state index in [0.29, 0.717) is 57.0 Å². The Labute approximate surface area is 195 Å². The highest BCUT2D eigenvalue weighted by atomic mass is 35.5. The van der Waals surface area contributed by atoms with E-state index in [1.807, 2.05) is 4.90 Å². The molecule has 0 aliphatic carbocycles. The summed E-state index contributed by atoms with van der Waals surface area (Å²) in [7, 11) is 0. The number of ether oxygens (including phenoxy) is 2. The lowest BCUT2D eigenvalue weighted by molar-refractivity contribution is 0.107. The number of alkyl halides is 1. The van der Waals surface area contributed by atoms with Crippen LogP contribution < -0.4 is 9.64 Å². The highest BCUT2D eigenvalue weighted by Gasteiger charge is 2.49. The van der Waals surface area contributed by atoms with Gasteiger partial charge in [0.05, 0.1) is 30.1 Å². The SMILES string of the molecule is [C-]#[N+]CC1COCCN(c2nc(OCC34CCCN3C[C@H](F)C4)nc3c(F)c(Cl)ncc23)C1. The van der Waals surface area contributed by atoms with E-state index >= 15 is 0 Å². The quantitative estimate of drug-likeness (QED) is 0.483. The van der Waals surface area contributed by atoms with Gasteiger partial charge in [0.25, 0.3) is 0 Å². The minimum absolute atomic E-state index is 0.00426. The van der Waals surface area contributed by atoms with E-state index in [2.05, 4.69) is 24.7 Å². The van der Waals surface area contributed by atoms with Crippen LogP contribution in [-0.4, -0.2) is 84.1 Å². The fourth-order valence-corrected chi connectivity index (χ4v) is 5.40. The van der Waals surface area contributed by atoms with Crippen LogP contribution in [0.4, 0.5) is 14.6 Å². The van der Waals surface area contributed by atoms with Gasteiger partial charge in [-0.3, -0.25) is 4.90 Å². The standard InChI is InChI=1S/C22H25ClF2N6O2/c1-26-8-14-10-30(5-6-32-12-14)20-16-9-27-19(23)17(25)18(16)28-21(29-20)33-13-22-3-2-4-31(22)11-15(24)7-22/h9,14-15H,2-8,10-13H2/t14?,15-,22?/m1/s1. The molecular weight excluding hydrogens is 454 g/mol. The number of aromatic nitrogens is 3. The van der Waals surface area contributed by atoms with Gasteiger partial charge < -0.3 is 19.2 Å². The lowest BCUT2D eigenvalue weighted by atomic mass is 9.95. The van der Waals surface area contributed by atoms with Gasteiger partial charge >= 0.3 is 6.01 Å². The van der Waals surface area contributed by atoms with Gasteiger partial charge in [-0.05, 0) is 19.4 Å². The molecule has 5 heterocycles. The Morgan fingerprint density at radius 2 is 2.21 bits per heavy atom. The second-order valence-electron chi connectivity index (χ2n) is 9.05. The lowest BCUT2D eigenvalue weighted by Crippen LogP contribution is -2.43. The molecule has 0 bridgehead atoms. The summed E-state index contributed by atoms with van der Waals surface area (Å²) in [6.07, 6.45) is 2.84. The molecule has 3 atom stereocenters. The largest absolute Gasteiger partial charge is 0.461 e. The number of nitrogens with zero attached hydrogens (tertiary/aromatic N) is 6. The van der Waals surface area contributed by atoms with Crippen LogP contribution in [0.3, 0.4) is 0 Å². The maximum atomic E-state index is 14.9. The molecule has 3 saturated heterocycles. The molecule has 5 rings (SSSR count). The molecule has 2 aromatic heterocycles. The third-order valence-electron chi connectivity index (χ3n) is 6.82. The van der Waals surface area contributed by atoms with Crippen LogP contribution in [0.2, 0.25) is 5.15 Å². The normalized spacial score (nSPS) is 28.0. The van der Waals surface area contributed by atoms with Gasteiger partial charge in [-0.25, -0.2) is 20.3 Å². The Morgan fingerprint density at radius 1 is 1.33 bits per heavy atom. The van der Waals surface area contributed by atoms with Crippen molar-refractivity contribution >= 4 is 28.3 Å². The third-order valence-corrected chi connectivity index (χ3v) is 7.08. The fraction of sp³-hybridized carbons (Fsp3) is 0.636. The van der Waals surface area contributed by atoms with Crippen molar-refractivity contribution in [1.29, 1.82) is 0 Å². The zero-order chi connectivity index (χ0) is 23.0. The molecule has 3 aliphatic rings. The van der Waals surface area contributed by atoms with Crippen molar-refractivity contribution < 1.29 is 18.3 Å². The molecule has 0 aromatic carbocycles. The van der Waals surface area contributed by atoms with E-state index in [9.17, 15) is 8.78 Å². The van der Waals surface area contributed by atoms with E-state index in [1.54, 1.807) is 0 Å². The third kappa shape index (κ3) is 4.29. The van der Waals surface area contributed by atoms with Gasteiger partial charge in [0, 0.05) is 32.3 Å². The first-order valence-corrected chi connectivity index (χ1v) is 11.6. The van der Waals surface area contributed by atoms with Crippen molar-refractivity contribution in [3.8, 4) is 6.01 Å². The topological polar surface area (TPSA) is 68.0 Å². The molecule has 0 N–H and O–H groups in total. The van der Waals surface area contributed by atoms with Crippen molar-refractivity contribution in [2.75, 3.05) is 57.4 Å². The summed E-state index contributed by atoms with van der Waals surface area (Å²) < 4.78 is 40.7. The average molecular weight is 479 g/mol. The number of hydrogen-bond donors (Lipinski definition) is 0. The van der Waals surface area contributed by atoms with Crippen LogP contribution in [0.15, 0.2) is 6.20 Å². The van der Waals surface area contributed by atoms with Crippen LogP contribution in [0, 0.1) is 18.3 Å². The van der Waals surface area contributed by atoms with E-state index in [4.69, 9.17) is 27.6 Å². The summed E-state index contributed by atoms with van der Waals surface area (Å²) in [5.41, 5.74) is -0.346. The summed E-state index contributed by atoms with van der Waals surface area (Å²) in [5, 5.41) is 0.137. The van der Waals surface area contributed by atoms with Crippen LogP contribution in [0.1, 0.15) is 19.3 Å². The van der Waals surface area contributed by atoms with E-state index in [-0.39, 0.29) is 34.7 Å². The number of rotatable bonds is 5. The van der Waals surface area contributed by atoms with Crippen molar-refractivity contribution in [2.45, 2.75) is 31.0 Å². The Kier molecular flexibility index (Phi) is 6.20. The van der Waals surface area contributed by atoms with Crippen molar-refractivity contribution in [2.24, 2.45) is 5.92 Å². The monoisotopic (exact) mass is 478 g/mol. The average Bonchev–Trinajstić information content (AvgIpc) is 3.21. The molecule has 2 aromatic rings. The molecular formula is C22H25ClF2N6O2. The van der Waals surface area contributed by atoms with Gasteiger partial charge in [-0.2, -0.15) is 9.97 Å². The van der Waals surface area contributed by atoms with Crippen LogP contribution in [0.25, 0.3) is 15.7 Å². The Morgan fingerprint density at radius 3 is 3.06 bits per heavy atom. The summed E-state index contributed by atoms with van der Waals surface area (Å²) in [6, 6.07) is 0.0223. The predicted molar refractivity (Wildman–Crippen MR) is 119 cm³/mol. The first-order valence-electron chi connectivity index (χ1n) is 11.2. The number of fused-ring (bicyclic) bond motifs is 2. The van der Waals surface area contributed by atoms with Crippen LogP contribution in [-0.2, 0) is 4.74 Å².